The van der Waals surface area contributed by atoms with Crippen LogP contribution in [-0.2, 0) is 0 Å². The van der Waals surface area contributed by atoms with Crippen molar-refractivity contribution in [3.63, 3.8) is 0 Å². The predicted molar refractivity (Wildman–Crippen MR) is 144 cm³/mol. The molecule has 0 radical (unpaired) electrons. The van der Waals surface area contributed by atoms with Crippen molar-refractivity contribution in [1.82, 2.24) is 9.97 Å². The molecule has 4 rings (SSSR count). The molecule has 0 aliphatic rings. The minimum absolute atomic E-state index is 0.00152. The number of nitrogens with zero attached hydrogens (tertiary/aromatic N) is 4. The number of anilines is 5. The van der Waals surface area contributed by atoms with Gasteiger partial charge < -0.3 is 15.5 Å². The van der Waals surface area contributed by atoms with Crippen molar-refractivity contribution in [1.29, 1.82) is 0 Å². The summed E-state index contributed by atoms with van der Waals surface area (Å²) in [6.07, 6.45) is 1.66. The summed E-state index contributed by atoms with van der Waals surface area (Å²) in [6.45, 7) is 4.06. The molecule has 3 aromatic carbocycles. The van der Waals surface area contributed by atoms with Gasteiger partial charge in [0.25, 0.3) is 0 Å². The van der Waals surface area contributed by atoms with Crippen molar-refractivity contribution >= 4 is 34.9 Å². The van der Waals surface area contributed by atoms with E-state index < -0.39 is 0 Å². The summed E-state index contributed by atoms with van der Waals surface area (Å²) in [7, 11) is 3.93. The zero-order valence-corrected chi connectivity index (χ0v) is 20.4. The molecular formula is C28H30N6O. The zero-order chi connectivity index (χ0) is 24.8. The average Bonchev–Trinajstić information content (AvgIpc) is 2.86. The molecule has 0 saturated carbocycles. The van der Waals surface area contributed by atoms with Crippen molar-refractivity contribution in [2.45, 2.75) is 19.9 Å². The Balaban J connectivity index is 1.68. The Bertz CT molecular complexity index is 1270. The lowest BCUT2D eigenvalue weighted by Gasteiger charge is -2.24. The molecule has 7 heteroatoms. The third-order valence-corrected chi connectivity index (χ3v) is 5.63. The SMILES string of the molecule is Cc1ccc(NC(=O)N(c2cccc(N(C)C)c2)c2ccnc(NC(C)c3ccccc3)n2)cc1. The Morgan fingerprint density at radius 1 is 0.886 bits per heavy atom. The fourth-order valence-corrected chi connectivity index (χ4v) is 3.64. The van der Waals surface area contributed by atoms with Crippen molar-refractivity contribution in [3.8, 4) is 0 Å². The van der Waals surface area contributed by atoms with Crippen LogP contribution in [0.5, 0.6) is 0 Å². The van der Waals surface area contributed by atoms with Crippen molar-refractivity contribution in [2.75, 3.05) is 34.5 Å². The van der Waals surface area contributed by atoms with Gasteiger partial charge in [-0.1, -0.05) is 54.1 Å². The number of rotatable bonds is 7. The van der Waals surface area contributed by atoms with Crippen molar-refractivity contribution in [2.24, 2.45) is 0 Å². The number of aromatic nitrogens is 2. The molecule has 178 valence electrons. The van der Waals surface area contributed by atoms with Crippen LogP contribution in [0.25, 0.3) is 0 Å². The van der Waals surface area contributed by atoms with Crippen molar-refractivity contribution < 1.29 is 4.79 Å². The van der Waals surface area contributed by atoms with E-state index in [2.05, 4.69) is 27.8 Å². The average molecular weight is 467 g/mol. The van der Waals surface area contributed by atoms with E-state index in [1.165, 1.54) is 0 Å². The minimum atomic E-state index is -0.314. The Labute approximate surface area is 206 Å². The van der Waals surface area contributed by atoms with E-state index in [-0.39, 0.29) is 12.1 Å². The third-order valence-electron chi connectivity index (χ3n) is 5.63. The van der Waals surface area contributed by atoms with Crippen LogP contribution in [-0.4, -0.2) is 30.1 Å². The largest absolute Gasteiger partial charge is 0.378 e. The number of benzene rings is 3. The van der Waals surface area contributed by atoms with Gasteiger partial charge in [0.2, 0.25) is 5.95 Å². The van der Waals surface area contributed by atoms with Crippen LogP contribution in [0.1, 0.15) is 24.1 Å². The maximum atomic E-state index is 13.6. The first-order valence-corrected chi connectivity index (χ1v) is 11.5. The number of urea groups is 1. The van der Waals surface area contributed by atoms with Crippen molar-refractivity contribution in [3.05, 3.63) is 102 Å². The van der Waals surface area contributed by atoms with Crippen LogP contribution in [0.15, 0.2) is 91.1 Å². The van der Waals surface area contributed by atoms with E-state index >= 15 is 0 Å². The van der Waals surface area contributed by atoms with Gasteiger partial charge in [0.15, 0.2) is 0 Å². The number of nitrogens with one attached hydrogen (secondary N) is 2. The Kier molecular flexibility index (Phi) is 7.26. The molecule has 2 amide bonds. The number of carbonyl (C=O) groups excluding carboxylic acids is 1. The normalized spacial score (nSPS) is 11.4. The van der Waals surface area contributed by atoms with Crippen LogP contribution in [0.4, 0.5) is 33.6 Å². The summed E-state index contributed by atoms with van der Waals surface area (Å²) in [4.78, 5) is 26.2. The highest BCUT2D eigenvalue weighted by Gasteiger charge is 2.21. The van der Waals surface area contributed by atoms with Gasteiger partial charge in [-0.05, 0) is 49.7 Å². The highest BCUT2D eigenvalue weighted by molar-refractivity contribution is 6.06. The number of hydrogen-bond donors (Lipinski definition) is 2. The molecule has 0 saturated heterocycles. The second-order valence-electron chi connectivity index (χ2n) is 8.56. The molecule has 7 nitrogen and oxygen atoms in total. The summed E-state index contributed by atoms with van der Waals surface area (Å²) >= 11 is 0. The molecule has 0 aliphatic heterocycles. The predicted octanol–water partition coefficient (Wildman–Crippen LogP) is 6.39. The molecule has 1 heterocycles. The lowest BCUT2D eigenvalue weighted by molar-refractivity contribution is 0.259. The van der Waals surface area contributed by atoms with E-state index in [4.69, 9.17) is 4.98 Å². The molecule has 1 atom stereocenters. The summed E-state index contributed by atoms with van der Waals surface area (Å²) in [5.74, 6) is 0.902. The number of carbonyl (C=O) groups is 1. The summed E-state index contributed by atoms with van der Waals surface area (Å²) in [5.41, 5.74) is 4.62. The lowest BCUT2D eigenvalue weighted by atomic mass is 10.1. The van der Waals surface area contributed by atoms with Crippen LogP contribution in [0, 0.1) is 6.92 Å². The Morgan fingerprint density at radius 2 is 1.60 bits per heavy atom. The lowest BCUT2D eigenvalue weighted by Crippen LogP contribution is -2.32. The van der Waals surface area contributed by atoms with Gasteiger partial charge >= 0.3 is 6.03 Å². The maximum absolute atomic E-state index is 13.6. The van der Waals surface area contributed by atoms with Gasteiger partial charge in [0.05, 0.1) is 11.7 Å². The van der Waals surface area contributed by atoms with E-state index in [9.17, 15) is 4.79 Å². The molecule has 0 fully saturated rings. The van der Waals surface area contributed by atoms with Crippen LogP contribution >= 0.6 is 0 Å². The van der Waals surface area contributed by atoms with Crippen LogP contribution < -0.4 is 20.4 Å². The van der Waals surface area contributed by atoms with Crippen LogP contribution in [0.2, 0.25) is 0 Å². The standard InChI is InChI=1S/C28H30N6O/c1-20-13-15-23(16-14-20)31-28(35)34(25-12-8-11-24(19-25)33(3)4)26-17-18-29-27(32-26)30-21(2)22-9-6-5-7-10-22/h5-19,21H,1-4H3,(H,31,35)(H,29,30,32). The van der Waals surface area contributed by atoms with E-state index in [1.54, 1.807) is 17.2 Å². The topological polar surface area (TPSA) is 73.4 Å². The number of amides is 2. The smallest absolute Gasteiger partial charge is 0.332 e. The van der Waals surface area contributed by atoms with Gasteiger partial charge in [-0.2, -0.15) is 4.98 Å². The second kappa shape index (κ2) is 10.7. The van der Waals surface area contributed by atoms with Gasteiger partial charge in [-0.15, -0.1) is 0 Å². The molecule has 0 aliphatic carbocycles. The minimum Gasteiger partial charge on any atom is -0.378 e. The quantitative estimate of drug-likeness (QED) is 0.330. The summed E-state index contributed by atoms with van der Waals surface area (Å²) in [5, 5.41) is 6.33. The molecule has 35 heavy (non-hydrogen) atoms. The molecule has 1 unspecified atom stereocenters. The Morgan fingerprint density at radius 3 is 2.31 bits per heavy atom. The molecule has 1 aromatic heterocycles. The third kappa shape index (κ3) is 5.95. The van der Waals surface area contributed by atoms with Crippen LogP contribution in [0.3, 0.4) is 0 Å². The molecular weight excluding hydrogens is 436 g/mol. The fraction of sp³-hybridized carbons (Fsp3) is 0.179. The molecule has 4 aromatic rings. The highest BCUT2D eigenvalue weighted by Crippen LogP contribution is 2.29. The second-order valence-corrected chi connectivity index (χ2v) is 8.56. The van der Waals surface area contributed by atoms with Gasteiger partial charge in [0.1, 0.15) is 5.82 Å². The maximum Gasteiger partial charge on any atom is 0.332 e. The molecule has 0 spiro atoms. The van der Waals surface area contributed by atoms with Gasteiger partial charge in [-0.3, -0.25) is 0 Å². The molecule has 2 N–H and O–H groups in total. The first-order chi connectivity index (χ1) is 16.9. The zero-order valence-electron chi connectivity index (χ0n) is 20.4. The van der Waals surface area contributed by atoms with Gasteiger partial charge in [-0.25, -0.2) is 14.7 Å². The monoisotopic (exact) mass is 466 g/mol. The number of aryl methyl sites for hydroxylation is 1. The van der Waals surface area contributed by atoms with E-state index in [0.29, 0.717) is 23.1 Å². The first kappa shape index (κ1) is 23.8. The van der Waals surface area contributed by atoms with Gasteiger partial charge in [0, 0.05) is 37.7 Å². The molecule has 0 bridgehead atoms. The summed E-state index contributed by atoms with van der Waals surface area (Å²) < 4.78 is 0. The fourth-order valence-electron chi connectivity index (χ4n) is 3.64. The Hall–Kier alpha value is -4.39. The number of hydrogen-bond acceptors (Lipinski definition) is 5. The summed E-state index contributed by atoms with van der Waals surface area (Å²) in [6, 6.07) is 27.0. The van der Waals surface area contributed by atoms with E-state index in [1.807, 2.05) is 99.6 Å². The highest BCUT2D eigenvalue weighted by atomic mass is 16.2. The van der Waals surface area contributed by atoms with E-state index in [0.717, 1.165) is 16.8 Å². The first-order valence-electron chi connectivity index (χ1n) is 11.5.